The number of nitrogens with one attached hydrogen (secondary N) is 1. The van der Waals surface area contributed by atoms with Crippen LogP contribution in [0.3, 0.4) is 0 Å². The summed E-state index contributed by atoms with van der Waals surface area (Å²) in [5.41, 5.74) is 3.04. The highest BCUT2D eigenvalue weighted by Gasteiger charge is 2.21. The number of nitrogens with zero attached hydrogens (tertiary/aromatic N) is 2. The van der Waals surface area contributed by atoms with Gasteiger partial charge in [0.05, 0.1) is 4.92 Å². The van der Waals surface area contributed by atoms with Crippen molar-refractivity contribution in [3.05, 3.63) is 69.2 Å². The topological polar surface area (TPSA) is 77.2 Å². The molecule has 0 bridgehead atoms. The van der Waals surface area contributed by atoms with E-state index >= 15 is 0 Å². The first-order valence-electron chi connectivity index (χ1n) is 8.74. The third kappa shape index (κ3) is 3.28. The predicted molar refractivity (Wildman–Crippen MR) is 103 cm³/mol. The lowest BCUT2D eigenvalue weighted by atomic mass is 10.1. The molecule has 2 aromatic carbocycles. The second-order valence-corrected chi connectivity index (χ2v) is 6.30. The maximum Gasteiger partial charge on any atom is 0.304 e. The van der Waals surface area contributed by atoms with Gasteiger partial charge in [-0.3, -0.25) is 14.9 Å². The standard InChI is InChI=1S/C20H20FN3O3/c1-4-13-6-8-17-15(10-13)12(3)19(23(17)5-2)20(25)22-14-7-9-18(24(26)27)16(21)11-14/h6-11H,4-5H2,1-3H3,(H,22,25). The highest BCUT2D eigenvalue weighted by atomic mass is 19.1. The molecule has 0 atom stereocenters. The van der Waals surface area contributed by atoms with E-state index in [1.807, 2.05) is 30.5 Å². The molecule has 1 aromatic heterocycles. The van der Waals surface area contributed by atoms with Gasteiger partial charge in [0.1, 0.15) is 5.69 Å². The maximum absolute atomic E-state index is 13.8. The molecule has 1 N–H and O–H groups in total. The van der Waals surface area contributed by atoms with Crippen LogP contribution in [0.5, 0.6) is 0 Å². The first kappa shape index (κ1) is 18.6. The molecule has 7 heteroatoms. The molecule has 0 unspecified atom stereocenters. The Balaban J connectivity index is 2.02. The van der Waals surface area contributed by atoms with E-state index in [1.54, 1.807) is 0 Å². The maximum atomic E-state index is 13.8. The van der Waals surface area contributed by atoms with Gasteiger partial charge in [0, 0.05) is 35.3 Å². The number of aromatic nitrogens is 1. The molecular formula is C20H20FN3O3. The molecule has 0 aliphatic rings. The molecule has 1 amide bonds. The van der Waals surface area contributed by atoms with E-state index in [-0.39, 0.29) is 11.6 Å². The zero-order chi connectivity index (χ0) is 19.7. The number of nitro benzene ring substituents is 1. The third-order valence-corrected chi connectivity index (χ3v) is 4.72. The van der Waals surface area contributed by atoms with Crippen molar-refractivity contribution in [1.82, 2.24) is 4.57 Å². The average Bonchev–Trinajstić information content (AvgIpc) is 2.92. The fraction of sp³-hybridized carbons (Fsp3) is 0.250. The largest absolute Gasteiger partial charge is 0.337 e. The molecule has 0 fully saturated rings. The van der Waals surface area contributed by atoms with Gasteiger partial charge in [0.15, 0.2) is 0 Å². The number of nitro groups is 1. The van der Waals surface area contributed by atoms with Crippen molar-refractivity contribution in [2.45, 2.75) is 33.7 Å². The zero-order valence-electron chi connectivity index (χ0n) is 15.4. The molecular weight excluding hydrogens is 349 g/mol. The lowest BCUT2D eigenvalue weighted by Crippen LogP contribution is -2.18. The summed E-state index contributed by atoms with van der Waals surface area (Å²) in [7, 11) is 0. The van der Waals surface area contributed by atoms with Gasteiger partial charge in [-0.15, -0.1) is 0 Å². The van der Waals surface area contributed by atoms with Gasteiger partial charge in [-0.1, -0.05) is 13.0 Å². The van der Waals surface area contributed by atoms with Crippen LogP contribution in [0.2, 0.25) is 0 Å². The van der Waals surface area contributed by atoms with Gasteiger partial charge >= 0.3 is 5.69 Å². The van der Waals surface area contributed by atoms with Crippen LogP contribution in [0.15, 0.2) is 36.4 Å². The third-order valence-electron chi connectivity index (χ3n) is 4.72. The molecule has 0 radical (unpaired) electrons. The molecule has 3 aromatic rings. The first-order chi connectivity index (χ1) is 12.9. The minimum absolute atomic E-state index is 0.171. The van der Waals surface area contributed by atoms with E-state index in [9.17, 15) is 19.3 Å². The van der Waals surface area contributed by atoms with Crippen molar-refractivity contribution in [3.8, 4) is 0 Å². The number of carbonyl (C=O) groups excluding carboxylic acids is 1. The Morgan fingerprint density at radius 2 is 1.96 bits per heavy atom. The number of anilines is 1. The number of aryl methyl sites for hydroxylation is 3. The molecule has 140 valence electrons. The highest BCUT2D eigenvalue weighted by molar-refractivity contribution is 6.08. The van der Waals surface area contributed by atoms with Crippen molar-refractivity contribution >= 4 is 28.2 Å². The average molecular weight is 369 g/mol. The molecule has 0 aliphatic heterocycles. The van der Waals surface area contributed by atoms with Crippen molar-refractivity contribution in [2.75, 3.05) is 5.32 Å². The fourth-order valence-electron chi connectivity index (χ4n) is 3.33. The minimum Gasteiger partial charge on any atom is -0.337 e. The van der Waals surface area contributed by atoms with Crippen molar-refractivity contribution in [2.24, 2.45) is 0 Å². The number of hydrogen-bond donors (Lipinski definition) is 1. The SMILES string of the molecule is CCc1ccc2c(c1)c(C)c(C(=O)Nc1ccc([N+](=O)[O-])c(F)c1)n2CC. The van der Waals surface area contributed by atoms with Crippen LogP contribution < -0.4 is 5.32 Å². The van der Waals surface area contributed by atoms with E-state index in [2.05, 4.69) is 18.3 Å². The number of benzene rings is 2. The summed E-state index contributed by atoms with van der Waals surface area (Å²) in [6.45, 7) is 6.52. The summed E-state index contributed by atoms with van der Waals surface area (Å²) < 4.78 is 15.7. The highest BCUT2D eigenvalue weighted by Crippen LogP contribution is 2.28. The predicted octanol–water partition coefficient (Wildman–Crippen LogP) is 4.83. The molecule has 0 spiro atoms. The van der Waals surface area contributed by atoms with Crippen LogP contribution >= 0.6 is 0 Å². The summed E-state index contributed by atoms with van der Waals surface area (Å²) in [5, 5.41) is 14.4. The number of fused-ring (bicyclic) bond motifs is 1. The summed E-state index contributed by atoms with van der Waals surface area (Å²) in [6, 6.07) is 9.45. The van der Waals surface area contributed by atoms with E-state index in [0.717, 1.165) is 35.0 Å². The van der Waals surface area contributed by atoms with Crippen LogP contribution in [0.1, 0.15) is 35.5 Å². The molecule has 3 rings (SSSR count). The minimum atomic E-state index is -0.988. The van der Waals surface area contributed by atoms with Gasteiger partial charge in [0.2, 0.25) is 5.82 Å². The number of halogens is 1. The number of amides is 1. The lowest BCUT2D eigenvalue weighted by Gasteiger charge is -2.10. The van der Waals surface area contributed by atoms with Crippen molar-refractivity contribution < 1.29 is 14.1 Å². The smallest absolute Gasteiger partial charge is 0.304 e. The molecule has 0 aliphatic carbocycles. The fourth-order valence-corrected chi connectivity index (χ4v) is 3.33. The van der Waals surface area contributed by atoms with Crippen LogP contribution in [-0.4, -0.2) is 15.4 Å². The van der Waals surface area contributed by atoms with E-state index in [0.29, 0.717) is 12.2 Å². The molecule has 27 heavy (non-hydrogen) atoms. The van der Waals surface area contributed by atoms with Crippen molar-refractivity contribution in [3.63, 3.8) is 0 Å². The Morgan fingerprint density at radius 1 is 1.22 bits per heavy atom. The van der Waals surface area contributed by atoms with Gasteiger partial charge in [0.25, 0.3) is 5.91 Å². The lowest BCUT2D eigenvalue weighted by molar-refractivity contribution is -0.387. The summed E-state index contributed by atoms with van der Waals surface area (Å²) >= 11 is 0. The molecule has 0 saturated carbocycles. The molecule has 0 saturated heterocycles. The monoisotopic (exact) mass is 369 g/mol. The van der Waals surface area contributed by atoms with Crippen LogP contribution in [-0.2, 0) is 13.0 Å². The van der Waals surface area contributed by atoms with E-state index in [1.165, 1.54) is 11.6 Å². The van der Waals surface area contributed by atoms with E-state index in [4.69, 9.17) is 0 Å². The zero-order valence-corrected chi connectivity index (χ0v) is 15.4. The Morgan fingerprint density at radius 3 is 2.56 bits per heavy atom. The number of rotatable bonds is 5. The van der Waals surface area contributed by atoms with Crippen molar-refractivity contribution in [1.29, 1.82) is 0 Å². The first-order valence-corrected chi connectivity index (χ1v) is 8.74. The second-order valence-electron chi connectivity index (χ2n) is 6.30. The van der Waals surface area contributed by atoms with Gasteiger partial charge in [-0.25, -0.2) is 0 Å². The summed E-state index contributed by atoms with van der Waals surface area (Å²) in [6.07, 6.45) is 0.899. The van der Waals surface area contributed by atoms with Crippen LogP contribution in [0.25, 0.3) is 10.9 Å². The van der Waals surface area contributed by atoms with E-state index < -0.39 is 16.4 Å². The molecule has 1 heterocycles. The normalized spacial score (nSPS) is 11.0. The van der Waals surface area contributed by atoms with Crippen LogP contribution in [0, 0.1) is 22.9 Å². The Bertz CT molecular complexity index is 1060. The van der Waals surface area contributed by atoms with Gasteiger partial charge in [-0.2, -0.15) is 4.39 Å². The Kier molecular flexibility index (Phi) is 4.94. The van der Waals surface area contributed by atoms with Gasteiger partial charge < -0.3 is 9.88 Å². The Hall–Kier alpha value is -3.22. The molecule has 6 nitrogen and oxygen atoms in total. The van der Waals surface area contributed by atoms with Gasteiger partial charge in [-0.05, 0) is 49.6 Å². The summed E-state index contributed by atoms with van der Waals surface area (Å²) in [5.74, 6) is -1.37. The second kappa shape index (κ2) is 7.19. The van der Waals surface area contributed by atoms with Crippen LogP contribution in [0.4, 0.5) is 15.8 Å². The number of carbonyl (C=O) groups is 1. The summed E-state index contributed by atoms with van der Waals surface area (Å²) in [4.78, 5) is 22.8. The quantitative estimate of drug-likeness (QED) is 0.517. The Labute approximate surface area is 155 Å². The number of hydrogen-bond acceptors (Lipinski definition) is 3.